The van der Waals surface area contributed by atoms with E-state index in [1.165, 1.54) is 199 Å². The Hall–Kier alpha value is -1.94. The summed E-state index contributed by atoms with van der Waals surface area (Å²) >= 11 is 0. The summed E-state index contributed by atoms with van der Waals surface area (Å²) in [5.74, 6) is -2.12. The van der Waals surface area contributed by atoms with Crippen LogP contribution in [0.5, 0.6) is 0 Å². The number of ether oxygens (including phenoxy) is 4. The number of hydrogen-bond acceptors (Lipinski definition) is 15. The maximum atomic E-state index is 13.0. The van der Waals surface area contributed by atoms with Gasteiger partial charge in [-0.2, -0.15) is 0 Å². The number of unbranched alkanes of at least 4 members (excludes halogenated alkanes) is 45. The first kappa shape index (κ1) is 87.1. The summed E-state index contributed by atoms with van der Waals surface area (Å²) in [6, 6.07) is 0. The van der Waals surface area contributed by atoms with Crippen molar-refractivity contribution in [3.05, 3.63) is 0 Å². The van der Waals surface area contributed by atoms with E-state index >= 15 is 0 Å². The molecular weight excluding hydrogens is 1170 g/mol. The number of carbonyl (C=O) groups excluding carboxylic acids is 4. The Morgan fingerprint density at radius 1 is 0.270 bits per heavy atom. The molecule has 0 aliphatic carbocycles. The van der Waals surface area contributed by atoms with E-state index < -0.39 is 97.5 Å². The molecule has 0 aliphatic heterocycles. The molecule has 0 fully saturated rings. The first-order valence-electron chi connectivity index (χ1n) is 36.8. The molecular formula is C70H136O17P2. The zero-order valence-corrected chi connectivity index (χ0v) is 59.2. The van der Waals surface area contributed by atoms with Gasteiger partial charge in [0.25, 0.3) is 0 Å². The third-order valence-corrected chi connectivity index (χ3v) is 18.3. The van der Waals surface area contributed by atoms with Crippen LogP contribution in [0, 0.1) is 0 Å². The summed E-state index contributed by atoms with van der Waals surface area (Å²) in [6.07, 6.45) is 52.5. The van der Waals surface area contributed by atoms with Crippen molar-refractivity contribution in [2.45, 2.75) is 386 Å². The molecule has 2 unspecified atom stereocenters. The lowest BCUT2D eigenvalue weighted by molar-refractivity contribution is -0.161. The number of aliphatic hydroxyl groups excluding tert-OH is 1. The molecule has 0 rings (SSSR count). The summed E-state index contributed by atoms with van der Waals surface area (Å²) in [5.41, 5.74) is 0. The fourth-order valence-electron chi connectivity index (χ4n) is 10.7. The number of carbonyl (C=O) groups is 4. The van der Waals surface area contributed by atoms with Gasteiger partial charge < -0.3 is 33.8 Å². The highest BCUT2D eigenvalue weighted by atomic mass is 31.2. The first-order chi connectivity index (χ1) is 43.2. The molecule has 0 aromatic carbocycles. The fraction of sp³-hybridized carbons (Fsp3) is 0.943. The Morgan fingerprint density at radius 3 is 0.663 bits per heavy atom. The highest BCUT2D eigenvalue weighted by Crippen LogP contribution is 2.45. The molecule has 19 heteroatoms. The maximum absolute atomic E-state index is 13.0. The summed E-state index contributed by atoms with van der Waals surface area (Å²) < 4.78 is 68.3. The van der Waals surface area contributed by atoms with Gasteiger partial charge in [0.2, 0.25) is 0 Å². The molecule has 89 heavy (non-hydrogen) atoms. The molecule has 0 bridgehead atoms. The van der Waals surface area contributed by atoms with Crippen LogP contribution in [0.25, 0.3) is 0 Å². The van der Waals surface area contributed by atoms with Crippen LogP contribution in [0.15, 0.2) is 0 Å². The quantitative estimate of drug-likeness (QED) is 0.0222. The average Bonchev–Trinajstić information content (AvgIpc) is 3.67. The van der Waals surface area contributed by atoms with Crippen LogP contribution >= 0.6 is 15.6 Å². The highest BCUT2D eigenvalue weighted by molar-refractivity contribution is 7.47. The van der Waals surface area contributed by atoms with Crippen molar-refractivity contribution in [1.82, 2.24) is 0 Å². The summed E-state index contributed by atoms with van der Waals surface area (Å²) in [4.78, 5) is 72.5. The highest BCUT2D eigenvalue weighted by Gasteiger charge is 2.30. The summed E-state index contributed by atoms with van der Waals surface area (Å²) in [7, 11) is -9.89. The number of hydrogen-bond donors (Lipinski definition) is 3. The second kappa shape index (κ2) is 64.8. The molecule has 0 aliphatic rings. The van der Waals surface area contributed by atoms with Crippen molar-refractivity contribution in [3.8, 4) is 0 Å². The van der Waals surface area contributed by atoms with E-state index in [1.807, 2.05) is 0 Å². The number of aliphatic hydroxyl groups is 1. The fourth-order valence-corrected chi connectivity index (χ4v) is 12.3. The van der Waals surface area contributed by atoms with Gasteiger partial charge in [0.15, 0.2) is 12.2 Å². The molecule has 0 spiro atoms. The smallest absolute Gasteiger partial charge is 0.462 e. The normalized spacial score (nSPS) is 14.0. The second-order valence-electron chi connectivity index (χ2n) is 25.3. The number of phosphoric ester groups is 2. The number of esters is 4. The minimum absolute atomic E-state index is 0.108. The van der Waals surface area contributed by atoms with Crippen LogP contribution in [0.2, 0.25) is 0 Å². The molecule has 0 aromatic heterocycles. The van der Waals surface area contributed by atoms with E-state index in [1.54, 1.807) is 0 Å². The Kier molecular flexibility index (Phi) is 63.3. The largest absolute Gasteiger partial charge is 0.472 e. The van der Waals surface area contributed by atoms with Crippen LogP contribution in [0.4, 0.5) is 0 Å². The minimum atomic E-state index is -4.95. The topological polar surface area (TPSA) is 237 Å². The summed E-state index contributed by atoms with van der Waals surface area (Å²) in [6.45, 7) is 4.94. The molecule has 17 nitrogen and oxygen atoms in total. The molecule has 0 radical (unpaired) electrons. The van der Waals surface area contributed by atoms with Gasteiger partial charge in [-0.3, -0.25) is 37.3 Å². The van der Waals surface area contributed by atoms with Gasteiger partial charge in [0.05, 0.1) is 26.4 Å². The van der Waals surface area contributed by atoms with E-state index in [-0.39, 0.29) is 25.7 Å². The zero-order valence-electron chi connectivity index (χ0n) is 57.4. The van der Waals surface area contributed by atoms with E-state index in [4.69, 9.17) is 37.0 Å². The van der Waals surface area contributed by atoms with Crippen LogP contribution in [0.1, 0.15) is 368 Å². The monoisotopic (exact) mass is 1310 g/mol. The van der Waals surface area contributed by atoms with Gasteiger partial charge in [-0.15, -0.1) is 0 Å². The number of phosphoric acid groups is 2. The van der Waals surface area contributed by atoms with E-state index in [0.29, 0.717) is 25.7 Å². The number of rotatable bonds is 71. The molecule has 0 heterocycles. The lowest BCUT2D eigenvalue weighted by atomic mass is 10.0. The van der Waals surface area contributed by atoms with E-state index in [9.17, 15) is 43.2 Å². The molecule has 3 N–H and O–H groups in total. The molecule has 0 aromatic rings. The Morgan fingerprint density at radius 2 is 0.449 bits per heavy atom. The van der Waals surface area contributed by atoms with Gasteiger partial charge in [-0.1, -0.05) is 317 Å². The standard InChI is InChI=1S/C70H136O17P2/c1-5-9-13-17-21-25-28-31-33-36-39-43-47-51-55-68(73)81-61-66(87-70(75)57-53-49-45-41-37-34-32-29-26-22-18-14-10-6-2)63-85-89(78,79)83-59-64(71)58-82-88(76,77)84-62-65(60-80-67(72)54-50-46-42-38-24-20-16-12-8-4)86-69(74)56-52-48-44-40-35-30-27-23-19-15-11-7-3/h64-66,71H,5-63H2,1-4H3,(H,76,77)(H,78,79)/t64-,65+,66+/m0/s1. The SMILES string of the molecule is CCCCCCCCCCCCCCCCC(=O)OC[C@H](COP(=O)(O)OC[C@@H](O)COP(=O)(O)OC[C@@H](COC(=O)CCCCCCCCCCC)OC(=O)CCCCCCCCCCCCCC)OC(=O)CCCCCCCCCCCCCCCC. The van der Waals surface area contributed by atoms with E-state index in [2.05, 4.69) is 27.7 Å². The maximum Gasteiger partial charge on any atom is 0.472 e. The van der Waals surface area contributed by atoms with E-state index in [0.717, 1.165) is 89.9 Å². The van der Waals surface area contributed by atoms with Crippen LogP contribution in [-0.2, 0) is 65.4 Å². The van der Waals surface area contributed by atoms with Crippen molar-refractivity contribution in [2.24, 2.45) is 0 Å². The van der Waals surface area contributed by atoms with Crippen LogP contribution < -0.4 is 0 Å². The third-order valence-electron chi connectivity index (χ3n) is 16.4. The van der Waals surface area contributed by atoms with Crippen molar-refractivity contribution >= 4 is 39.5 Å². The molecule has 0 saturated heterocycles. The van der Waals surface area contributed by atoms with Crippen molar-refractivity contribution in [3.63, 3.8) is 0 Å². The Balaban J connectivity index is 5.23. The average molecular weight is 1310 g/mol. The predicted molar refractivity (Wildman–Crippen MR) is 359 cm³/mol. The van der Waals surface area contributed by atoms with Gasteiger partial charge in [0.1, 0.15) is 19.3 Å². The van der Waals surface area contributed by atoms with Gasteiger partial charge >= 0.3 is 39.5 Å². The molecule has 5 atom stereocenters. The molecule has 528 valence electrons. The van der Waals surface area contributed by atoms with Gasteiger partial charge in [0, 0.05) is 25.7 Å². The first-order valence-corrected chi connectivity index (χ1v) is 39.8. The van der Waals surface area contributed by atoms with Crippen molar-refractivity contribution in [2.75, 3.05) is 39.6 Å². The Labute approximate surface area is 543 Å². The van der Waals surface area contributed by atoms with Gasteiger partial charge in [-0.25, -0.2) is 9.13 Å². The van der Waals surface area contributed by atoms with Gasteiger partial charge in [-0.05, 0) is 25.7 Å². The molecule has 0 amide bonds. The van der Waals surface area contributed by atoms with Crippen LogP contribution in [0.3, 0.4) is 0 Å². The lowest BCUT2D eigenvalue weighted by Gasteiger charge is -2.21. The Bertz CT molecular complexity index is 1710. The minimum Gasteiger partial charge on any atom is -0.462 e. The lowest BCUT2D eigenvalue weighted by Crippen LogP contribution is -2.30. The zero-order chi connectivity index (χ0) is 65.4. The van der Waals surface area contributed by atoms with Crippen molar-refractivity contribution < 1.29 is 80.2 Å². The van der Waals surface area contributed by atoms with Crippen LogP contribution in [-0.4, -0.2) is 96.7 Å². The third kappa shape index (κ3) is 64.6. The molecule has 0 saturated carbocycles. The second-order valence-corrected chi connectivity index (χ2v) is 28.2. The predicted octanol–water partition coefficient (Wildman–Crippen LogP) is 20.3. The van der Waals surface area contributed by atoms with Crippen molar-refractivity contribution in [1.29, 1.82) is 0 Å². The summed E-state index contributed by atoms with van der Waals surface area (Å²) in [5, 5.41) is 10.6.